The lowest BCUT2D eigenvalue weighted by Gasteiger charge is -2.22. The van der Waals surface area contributed by atoms with Gasteiger partial charge in [-0.3, -0.25) is 29.0 Å². The van der Waals surface area contributed by atoms with Crippen LogP contribution in [0.25, 0.3) is 0 Å². The van der Waals surface area contributed by atoms with Crippen LogP contribution in [0.15, 0.2) is 24.3 Å². The van der Waals surface area contributed by atoms with Crippen LogP contribution < -0.4 is 29.6 Å². The number of carbonyl (C=O) groups excluding carboxylic acids is 4. The number of amides is 4. The van der Waals surface area contributed by atoms with Gasteiger partial charge < -0.3 is 29.6 Å². The molecule has 0 radical (unpaired) electrons. The van der Waals surface area contributed by atoms with Gasteiger partial charge in [0.25, 0.3) is 23.6 Å². The third-order valence-corrected chi connectivity index (χ3v) is 11.7. The van der Waals surface area contributed by atoms with Crippen molar-refractivity contribution < 1.29 is 38.1 Å². The SMILES string of the molecule is CCCCOc1c(C(=O)NCCNC(=O)c2ccc(C(=O)N3CCSC3=S)c(OCCCC)c2OCCCC)ccc(C(=O)N2CCSC2=S)c1OCCCC. The zero-order chi connectivity index (χ0) is 40.5. The summed E-state index contributed by atoms with van der Waals surface area (Å²) in [4.78, 5) is 57.9. The number of hydrogen-bond donors (Lipinski definition) is 2. The molecule has 0 atom stereocenters. The Balaban J connectivity index is 1.55. The van der Waals surface area contributed by atoms with Crippen molar-refractivity contribution in [2.75, 3.05) is 64.1 Å². The van der Waals surface area contributed by atoms with Gasteiger partial charge in [0.05, 0.1) is 48.7 Å². The second kappa shape index (κ2) is 23.6. The molecule has 2 aromatic carbocycles. The first-order valence-electron chi connectivity index (χ1n) is 19.6. The van der Waals surface area contributed by atoms with Gasteiger partial charge in [-0.25, -0.2) is 0 Å². The molecule has 2 fully saturated rings. The van der Waals surface area contributed by atoms with Crippen LogP contribution >= 0.6 is 48.0 Å². The monoisotopic (exact) mass is 846 g/mol. The Morgan fingerprint density at radius 1 is 0.554 bits per heavy atom. The summed E-state index contributed by atoms with van der Waals surface area (Å²) in [6.07, 6.45) is 6.47. The summed E-state index contributed by atoms with van der Waals surface area (Å²) in [6.45, 7) is 10.6. The highest BCUT2D eigenvalue weighted by Crippen LogP contribution is 2.39. The molecule has 0 bridgehead atoms. The zero-order valence-electron chi connectivity index (χ0n) is 32.8. The lowest BCUT2D eigenvalue weighted by molar-refractivity contribution is 0.0847. The fourth-order valence-electron chi connectivity index (χ4n) is 5.66. The average molecular weight is 847 g/mol. The molecule has 0 aromatic heterocycles. The molecule has 0 spiro atoms. The first-order valence-corrected chi connectivity index (χ1v) is 22.4. The van der Waals surface area contributed by atoms with Crippen LogP contribution in [-0.2, 0) is 0 Å². The number of hydrogen-bond acceptors (Lipinski definition) is 12. The minimum absolute atomic E-state index is 0.0808. The maximum absolute atomic E-state index is 13.7. The van der Waals surface area contributed by atoms with Crippen molar-refractivity contribution in [3.05, 3.63) is 46.5 Å². The van der Waals surface area contributed by atoms with Crippen molar-refractivity contribution in [2.45, 2.75) is 79.1 Å². The van der Waals surface area contributed by atoms with Gasteiger partial charge in [0, 0.05) is 37.7 Å². The minimum atomic E-state index is -0.451. The molecule has 2 heterocycles. The largest absolute Gasteiger partial charge is 0.489 e. The quantitative estimate of drug-likeness (QED) is 0.0847. The Bertz CT molecular complexity index is 1600. The van der Waals surface area contributed by atoms with E-state index in [9.17, 15) is 19.2 Å². The van der Waals surface area contributed by atoms with Crippen LogP contribution in [0.3, 0.4) is 0 Å². The summed E-state index contributed by atoms with van der Waals surface area (Å²) in [5.41, 5.74) is 0.993. The standard InChI is InChI=1S/C40H54N4O8S4/c1-5-9-21-49-31-27(13-15-29(33(31)51-23-11-7-3)37(47)43-19-25-55-39(43)53)35(45)41-17-18-42-36(46)28-14-16-30(38(48)44-20-26-56-40(44)54)34(52-24-12-8-4)32(28)50-22-10-6-2/h13-16H,5-12,17-26H2,1-4H3,(H,41,45)(H,42,46). The fourth-order valence-corrected chi connectivity index (χ4v) is 8.06. The molecular weight excluding hydrogens is 793 g/mol. The molecule has 0 aliphatic carbocycles. The fraction of sp³-hybridized carbons (Fsp3) is 0.550. The Hall–Kier alpha value is -3.60. The van der Waals surface area contributed by atoms with Crippen molar-refractivity contribution in [3.63, 3.8) is 0 Å². The summed E-state index contributed by atoms with van der Waals surface area (Å²) < 4.78 is 25.7. The molecule has 2 aliphatic heterocycles. The Labute approximate surface area is 349 Å². The molecule has 4 amide bonds. The molecule has 16 heteroatoms. The number of thiocarbonyl (C=S) groups is 2. The number of rotatable bonds is 23. The van der Waals surface area contributed by atoms with Crippen LogP contribution in [0.4, 0.5) is 0 Å². The Kier molecular flexibility index (Phi) is 19.0. The van der Waals surface area contributed by atoms with E-state index in [1.165, 1.54) is 23.5 Å². The highest BCUT2D eigenvalue weighted by atomic mass is 32.2. The van der Waals surface area contributed by atoms with Gasteiger partial charge in [-0.15, -0.1) is 0 Å². The van der Waals surface area contributed by atoms with Gasteiger partial charge in [-0.05, 0) is 49.9 Å². The van der Waals surface area contributed by atoms with E-state index in [4.69, 9.17) is 43.4 Å². The number of unbranched alkanes of at least 4 members (excludes halogenated alkanes) is 4. The van der Waals surface area contributed by atoms with E-state index in [1.807, 2.05) is 27.7 Å². The third-order valence-electron chi connectivity index (χ3n) is 8.86. The van der Waals surface area contributed by atoms with Gasteiger partial charge in [0.2, 0.25) is 0 Å². The smallest absolute Gasteiger partial charge is 0.263 e. The van der Waals surface area contributed by atoms with E-state index in [-0.39, 0.29) is 70.2 Å². The number of nitrogens with one attached hydrogen (secondary N) is 2. The van der Waals surface area contributed by atoms with E-state index in [2.05, 4.69) is 10.6 Å². The van der Waals surface area contributed by atoms with E-state index in [1.54, 1.807) is 34.1 Å². The molecule has 2 N–H and O–H groups in total. The van der Waals surface area contributed by atoms with Crippen LogP contribution in [0.1, 0.15) is 120 Å². The Morgan fingerprint density at radius 2 is 0.857 bits per heavy atom. The molecule has 2 aliphatic rings. The van der Waals surface area contributed by atoms with Crippen LogP contribution in [0, 0.1) is 0 Å². The topological polar surface area (TPSA) is 136 Å². The normalized spacial score (nSPS) is 13.9. The van der Waals surface area contributed by atoms with Crippen molar-refractivity contribution in [3.8, 4) is 23.0 Å². The summed E-state index contributed by atoms with van der Waals surface area (Å²) >= 11 is 13.8. The van der Waals surface area contributed by atoms with E-state index < -0.39 is 11.8 Å². The maximum atomic E-state index is 13.7. The first kappa shape index (κ1) is 45.1. The highest BCUT2D eigenvalue weighted by molar-refractivity contribution is 8.23. The second-order valence-electron chi connectivity index (χ2n) is 13.1. The summed E-state index contributed by atoms with van der Waals surface area (Å²) in [5.74, 6) is 0.782. The highest BCUT2D eigenvalue weighted by Gasteiger charge is 2.33. The summed E-state index contributed by atoms with van der Waals surface area (Å²) in [5, 5.41) is 5.75. The van der Waals surface area contributed by atoms with Gasteiger partial charge >= 0.3 is 0 Å². The lowest BCUT2D eigenvalue weighted by atomic mass is 10.1. The average Bonchev–Trinajstić information content (AvgIpc) is 3.84. The number of carbonyl (C=O) groups is 4. The van der Waals surface area contributed by atoms with Crippen LogP contribution in [-0.4, -0.2) is 106 Å². The molecule has 12 nitrogen and oxygen atoms in total. The Morgan fingerprint density at radius 3 is 1.14 bits per heavy atom. The van der Waals surface area contributed by atoms with Gasteiger partial charge in [0.15, 0.2) is 23.0 Å². The van der Waals surface area contributed by atoms with Crippen molar-refractivity contribution in [1.29, 1.82) is 0 Å². The predicted octanol–water partition coefficient (Wildman–Crippen LogP) is 7.51. The number of nitrogens with zero attached hydrogens (tertiary/aromatic N) is 2. The van der Waals surface area contributed by atoms with Crippen molar-refractivity contribution in [2.24, 2.45) is 0 Å². The third kappa shape index (κ3) is 12.0. The van der Waals surface area contributed by atoms with Gasteiger partial charge in [-0.2, -0.15) is 0 Å². The number of ether oxygens (including phenoxy) is 4. The van der Waals surface area contributed by atoms with Gasteiger partial charge in [-0.1, -0.05) is 101 Å². The molecule has 2 saturated heterocycles. The summed E-state index contributed by atoms with van der Waals surface area (Å²) in [7, 11) is 0. The van der Waals surface area contributed by atoms with E-state index in [0.29, 0.717) is 59.7 Å². The van der Waals surface area contributed by atoms with Crippen LogP contribution in [0.2, 0.25) is 0 Å². The molecule has 2 aromatic rings. The molecule has 4 rings (SSSR count). The van der Waals surface area contributed by atoms with E-state index >= 15 is 0 Å². The van der Waals surface area contributed by atoms with Crippen molar-refractivity contribution >= 4 is 80.2 Å². The summed E-state index contributed by atoms with van der Waals surface area (Å²) in [6, 6.07) is 6.31. The van der Waals surface area contributed by atoms with E-state index in [0.717, 1.165) is 51.4 Å². The second-order valence-corrected chi connectivity index (χ2v) is 16.6. The molecule has 0 unspecified atom stereocenters. The van der Waals surface area contributed by atoms with Crippen LogP contribution in [0.5, 0.6) is 23.0 Å². The lowest BCUT2D eigenvalue weighted by Crippen LogP contribution is -2.35. The van der Waals surface area contributed by atoms with Crippen molar-refractivity contribution in [1.82, 2.24) is 20.4 Å². The maximum Gasteiger partial charge on any atom is 0.263 e. The molecule has 306 valence electrons. The molecular formula is C40H54N4O8S4. The minimum Gasteiger partial charge on any atom is -0.489 e. The number of benzene rings is 2. The zero-order valence-corrected chi connectivity index (χ0v) is 36.1. The van der Waals surface area contributed by atoms with Gasteiger partial charge in [0.1, 0.15) is 8.64 Å². The number of thioether (sulfide) groups is 2. The molecule has 0 saturated carbocycles. The predicted molar refractivity (Wildman–Crippen MR) is 231 cm³/mol. The first-order chi connectivity index (χ1) is 27.2. The molecule has 56 heavy (non-hydrogen) atoms.